The number of aliphatic hydroxyl groups excluding tert-OH is 2. The molecule has 29 heavy (non-hydrogen) atoms. The molecular weight excluding hydrogens is 396 g/mol. The molecule has 2 atom stereocenters. The van der Waals surface area contributed by atoms with Gasteiger partial charge in [-0.05, 0) is 36.1 Å². The molecule has 3 heterocycles. The van der Waals surface area contributed by atoms with Crippen LogP contribution in [0.2, 0.25) is 5.02 Å². The molecule has 4 rings (SSSR count). The molecular formula is C20H25ClN4O4. The summed E-state index contributed by atoms with van der Waals surface area (Å²) in [5.74, 6) is -0.481. The van der Waals surface area contributed by atoms with Gasteiger partial charge in [0.25, 0.3) is 5.91 Å². The van der Waals surface area contributed by atoms with Gasteiger partial charge in [-0.1, -0.05) is 17.7 Å². The molecule has 4 N–H and O–H groups in total. The lowest BCUT2D eigenvalue weighted by Crippen LogP contribution is -2.42. The van der Waals surface area contributed by atoms with Gasteiger partial charge in [0.2, 0.25) is 0 Å². The van der Waals surface area contributed by atoms with E-state index >= 15 is 0 Å². The third-order valence-electron chi connectivity index (χ3n) is 5.76. The van der Waals surface area contributed by atoms with Crippen molar-refractivity contribution in [1.82, 2.24) is 14.7 Å². The van der Waals surface area contributed by atoms with Crippen LogP contribution in [0.15, 0.2) is 30.6 Å². The van der Waals surface area contributed by atoms with E-state index in [2.05, 4.69) is 10.00 Å². The van der Waals surface area contributed by atoms with E-state index in [9.17, 15) is 9.90 Å². The van der Waals surface area contributed by atoms with E-state index in [0.29, 0.717) is 5.02 Å². The van der Waals surface area contributed by atoms with E-state index in [-0.39, 0.29) is 13.2 Å². The van der Waals surface area contributed by atoms with Crippen LogP contribution in [-0.2, 0) is 28.2 Å². The van der Waals surface area contributed by atoms with Crippen molar-refractivity contribution in [2.24, 2.45) is 5.73 Å². The number of aromatic nitrogens is 2. The second kappa shape index (κ2) is 8.04. The average molecular weight is 421 g/mol. The highest BCUT2D eigenvalue weighted by Gasteiger charge is 2.48. The smallest absolute Gasteiger partial charge is 0.251 e. The van der Waals surface area contributed by atoms with Crippen molar-refractivity contribution in [2.45, 2.75) is 43.7 Å². The maximum Gasteiger partial charge on any atom is 0.251 e. The van der Waals surface area contributed by atoms with Gasteiger partial charge in [-0.15, -0.1) is 0 Å². The van der Waals surface area contributed by atoms with Crippen LogP contribution < -0.4 is 5.73 Å². The molecule has 1 amide bonds. The molecule has 8 nitrogen and oxygen atoms in total. The number of nitrogens with two attached hydrogens (primary N) is 1. The fraction of sp³-hybridized carbons (Fsp3) is 0.500. The summed E-state index contributed by atoms with van der Waals surface area (Å²) in [6.45, 7) is 2.29. The number of piperidine rings is 1. The van der Waals surface area contributed by atoms with Crippen molar-refractivity contribution in [3.05, 3.63) is 52.3 Å². The molecule has 1 aromatic heterocycles. The normalized spacial score (nSPS) is 22.0. The van der Waals surface area contributed by atoms with E-state index in [1.165, 1.54) is 0 Å². The minimum Gasteiger partial charge on any atom is -0.394 e. The molecule has 0 aliphatic carbocycles. The van der Waals surface area contributed by atoms with Crippen molar-refractivity contribution in [2.75, 3.05) is 19.7 Å². The van der Waals surface area contributed by atoms with Crippen molar-refractivity contribution in [1.29, 1.82) is 0 Å². The molecule has 9 heteroatoms. The van der Waals surface area contributed by atoms with E-state index < -0.39 is 23.7 Å². The van der Waals surface area contributed by atoms with E-state index in [4.69, 9.17) is 27.2 Å². The van der Waals surface area contributed by atoms with Crippen LogP contribution in [-0.4, -0.2) is 56.6 Å². The summed E-state index contributed by atoms with van der Waals surface area (Å²) < 4.78 is 7.84. The molecule has 2 aliphatic heterocycles. The van der Waals surface area contributed by atoms with E-state index in [1.807, 2.05) is 18.3 Å². The lowest BCUT2D eigenvalue weighted by atomic mass is 9.83. The zero-order valence-corrected chi connectivity index (χ0v) is 16.8. The minimum absolute atomic E-state index is 0.263. The maximum atomic E-state index is 11.9. The van der Waals surface area contributed by atoms with Crippen LogP contribution in [0, 0.1) is 0 Å². The van der Waals surface area contributed by atoms with E-state index in [0.717, 1.165) is 49.2 Å². The SMILES string of the molecule is NC(=O)C1OC2(CCN(Cc3cnn(C[C@@H](O)CO)c3)CC2)c2cc(Cl)ccc21. The highest BCUT2D eigenvalue weighted by molar-refractivity contribution is 6.30. The second-order valence-electron chi connectivity index (χ2n) is 7.81. The first-order chi connectivity index (χ1) is 13.9. The largest absolute Gasteiger partial charge is 0.394 e. The summed E-state index contributed by atoms with van der Waals surface area (Å²) in [7, 11) is 0. The Morgan fingerprint density at radius 2 is 2.17 bits per heavy atom. The standard InChI is InChI=1S/C20H25ClN4O4/c21-14-1-2-16-17(7-14)20(29-18(16)19(22)28)3-5-24(6-4-20)9-13-8-23-25(10-13)11-15(27)12-26/h1-2,7-8,10,15,18,26-27H,3-6,9,11-12H2,(H2,22,28)/t15-,18?/m1/s1. The number of nitrogens with zero attached hydrogens (tertiary/aromatic N) is 3. The highest BCUT2D eigenvalue weighted by Crippen LogP contribution is 2.50. The molecule has 0 saturated carbocycles. The zero-order chi connectivity index (χ0) is 20.6. The van der Waals surface area contributed by atoms with Crippen LogP contribution in [0.5, 0.6) is 0 Å². The van der Waals surface area contributed by atoms with Crippen LogP contribution >= 0.6 is 11.6 Å². The third-order valence-corrected chi connectivity index (χ3v) is 5.99. The first kappa shape index (κ1) is 20.3. The number of amides is 1. The summed E-state index contributed by atoms with van der Waals surface area (Å²) in [6, 6.07) is 5.49. The first-order valence-corrected chi connectivity index (χ1v) is 10.1. The molecule has 1 fully saturated rings. The van der Waals surface area contributed by atoms with Crippen molar-refractivity contribution in [3.63, 3.8) is 0 Å². The molecule has 0 radical (unpaired) electrons. The van der Waals surface area contributed by atoms with Crippen LogP contribution in [0.1, 0.15) is 35.6 Å². The Bertz CT molecular complexity index is 894. The van der Waals surface area contributed by atoms with Gasteiger partial charge in [-0.25, -0.2) is 0 Å². The first-order valence-electron chi connectivity index (χ1n) is 9.70. The van der Waals surface area contributed by atoms with Crippen molar-refractivity contribution in [3.8, 4) is 0 Å². The number of carbonyl (C=O) groups is 1. The van der Waals surface area contributed by atoms with Gasteiger partial charge in [0, 0.05) is 36.4 Å². The molecule has 2 aliphatic rings. The molecule has 2 aromatic rings. The quantitative estimate of drug-likeness (QED) is 0.640. The monoisotopic (exact) mass is 420 g/mol. The number of carbonyl (C=O) groups excluding carboxylic acids is 1. The van der Waals surface area contributed by atoms with Gasteiger partial charge in [0.15, 0.2) is 6.10 Å². The minimum atomic E-state index is -0.817. The summed E-state index contributed by atoms with van der Waals surface area (Å²) in [5.41, 5.74) is 7.86. The van der Waals surface area contributed by atoms with Crippen molar-refractivity contribution < 1.29 is 19.7 Å². The molecule has 1 unspecified atom stereocenters. The number of ether oxygens (including phenoxy) is 1. The Balaban J connectivity index is 1.43. The second-order valence-corrected chi connectivity index (χ2v) is 8.25. The number of hydrogen-bond donors (Lipinski definition) is 3. The Morgan fingerprint density at radius 3 is 2.86 bits per heavy atom. The summed E-state index contributed by atoms with van der Waals surface area (Å²) >= 11 is 6.21. The topological polar surface area (TPSA) is 114 Å². The van der Waals surface area contributed by atoms with Crippen LogP contribution in [0.3, 0.4) is 0 Å². The highest BCUT2D eigenvalue weighted by atomic mass is 35.5. The number of halogens is 1. The van der Waals surface area contributed by atoms with Crippen molar-refractivity contribution >= 4 is 17.5 Å². The number of hydrogen-bond acceptors (Lipinski definition) is 6. The third kappa shape index (κ3) is 4.04. The number of likely N-dealkylation sites (tertiary alicyclic amines) is 1. The fourth-order valence-electron chi connectivity index (χ4n) is 4.29. The Labute approximate surface area is 173 Å². The summed E-state index contributed by atoms with van der Waals surface area (Å²) in [6.07, 6.45) is 3.59. The van der Waals surface area contributed by atoms with Gasteiger partial charge >= 0.3 is 0 Å². The van der Waals surface area contributed by atoms with Gasteiger partial charge in [-0.2, -0.15) is 5.10 Å². The van der Waals surface area contributed by atoms with Gasteiger partial charge < -0.3 is 20.7 Å². The molecule has 1 aromatic carbocycles. The maximum absolute atomic E-state index is 11.9. The van der Waals surface area contributed by atoms with Crippen LogP contribution in [0.4, 0.5) is 0 Å². The number of benzene rings is 1. The molecule has 156 valence electrons. The zero-order valence-electron chi connectivity index (χ0n) is 16.0. The Morgan fingerprint density at radius 1 is 1.41 bits per heavy atom. The average Bonchev–Trinajstić information content (AvgIpc) is 3.26. The lowest BCUT2D eigenvalue weighted by molar-refractivity contribution is -0.148. The predicted molar refractivity (Wildman–Crippen MR) is 106 cm³/mol. The molecule has 0 bridgehead atoms. The van der Waals surface area contributed by atoms with Gasteiger partial charge in [-0.3, -0.25) is 14.4 Å². The number of rotatable bonds is 6. The predicted octanol–water partition coefficient (Wildman–Crippen LogP) is 0.938. The van der Waals surface area contributed by atoms with Gasteiger partial charge in [0.1, 0.15) is 0 Å². The number of primary amides is 1. The van der Waals surface area contributed by atoms with Crippen LogP contribution in [0.25, 0.3) is 0 Å². The fourth-order valence-corrected chi connectivity index (χ4v) is 4.47. The number of aliphatic hydroxyl groups is 2. The Kier molecular flexibility index (Phi) is 5.63. The molecule has 1 saturated heterocycles. The molecule has 1 spiro atoms. The number of fused-ring (bicyclic) bond motifs is 2. The summed E-state index contributed by atoms with van der Waals surface area (Å²) in [5, 5.41) is 23.4. The lowest BCUT2D eigenvalue weighted by Gasteiger charge is -2.39. The van der Waals surface area contributed by atoms with E-state index in [1.54, 1.807) is 16.9 Å². The van der Waals surface area contributed by atoms with Gasteiger partial charge in [0.05, 0.1) is 31.1 Å². The summed E-state index contributed by atoms with van der Waals surface area (Å²) in [4.78, 5) is 14.2. The Hall–Kier alpha value is -1.97.